The molecule has 0 aromatic heterocycles. The molecule has 0 fully saturated rings. The van der Waals surface area contributed by atoms with Crippen LogP contribution in [0.5, 0.6) is 5.75 Å². The average Bonchev–Trinajstić information content (AvgIpc) is 2.73. The lowest BCUT2D eigenvalue weighted by molar-refractivity contribution is -0.384. The van der Waals surface area contributed by atoms with Gasteiger partial charge in [0.25, 0.3) is 11.6 Å². The smallest absolute Gasteiger partial charge is 0.269 e. The van der Waals surface area contributed by atoms with E-state index in [9.17, 15) is 20.0 Å². The lowest BCUT2D eigenvalue weighted by Crippen LogP contribution is -2.29. The first-order valence-electron chi connectivity index (χ1n) is 10.0. The Kier molecular flexibility index (Phi) is 8.61. The largest absolute Gasteiger partial charge is 0.508 e. The van der Waals surface area contributed by atoms with Gasteiger partial charge in [0.05, 0.1) is 11.0 Å². The van der Waals surface area contributed by atoms with Crippen molar-refractivity contribution in [3.63, 3.8) is 0 Å². The Morgan fingerprint density at radius 2 is 1.69 bits per heavy atom. The van der Waals surface area contributed by atoms with Gasteiger partial charge in [-0.2, -0.15) is 0 Å². The van der Waals surface area contributed by atoms with Gasteiger partial charge in [0.15, 0.2) is 0 Å². The monoisotopic (exact) mass is 399 g/mol. The first kappa shape index (κ1) is 22.4. The Hall–Kier alpha value is -2.93. The number of nitro benzene ring substituents is 1. The molecule has 0 aliphatic rings. The predicted octanol–water partition coefficient (Wildman–Crippen LogP) is 4.28. The van der Waals surface area contributed by atoms with E-state index in [1.165, 1.54) is 24.3 Å². The summed E-state index contributed by atoms with van der Waals surface area (Å²) in [5.41, 5.74) is 1.25. The molecule has 2 aromatic carbocycles. The van der Waals surface area contributed by atoms with Crippen molar-refractivity contribution < 1.29 is 14.8 Å². The van der Waals surface area contributed by atoms with Crippen molar-refractivity contribution in [1.82, 2.24) is 10.2 Å². The molecular weight excluding hydrogens is 370 g/mol. The van der Waals surface area contributed by atoms with Gasteiger partial charge in [-0.1, -0.05) is 26.0 Å². The standard InChI is InChI=1S/C22H29N3O4/c1-3-24(4-2)16-6-5-7-21(17-10-14-20(26)15-11-17)23-22(27)18-8-12-19(13-9-18)25(28)29/h8-15,21,26H,3-7,16H2,1-2H3,(H,23,27). The second-order valence-electron chi connectivity index (χ2n) is 6.94. The number of phenols is 1. The zero-order valence-corrected chi connectivity index (χ0v) is 17.0. The maximum Gasteiger partial charge on any atom is 0.269 e. The molecule has 156 valence electrons. The van der Waals surface area contributed by atoms with Crippen molar-refractivity contribution in [2.45, 2.75) is 39.2 Å². The fourth-order valence-corrected chi connectivity index (χ4v) is 3.23. The van der Waals surface area contributed by atoms with Crippen molar-refractivity contribution in [1.29, 1.82) is 0 Å². The third kappa shape index (κ3) is 6.87. The zero-order valence-electron chi connectivity index (χ0n) is 17.0. The number of amides is 1. The van der Waals surface area contributed by atoms with E-state index >= 15 is 0 Å². The van der Waals surface area contributed by atoms with Gasteiger partial charge < -0.3 is 15.3 Å². The minimum absolute atomic E-state index is 0.0481. The summed E-state index contributed by atoms with van der Waals surface area (Å²) in [6.07, 6.45) is 2.75. The number of rotatable bonds is 11. The van der Waals surface area contributed by atoms with E-state index in [-0.39, 0.29) is 23.4 Å². The van der Waals surface area contributed by atoms with E-state index in [1.807, 2.05) is 0 Å². The molecule has 2 N–H and O–H groups in total. The minimum atomic E-state index is -0.489. The molecule has 29 heavy (non-hydrogen) atoms. The summed E-state index contributed by atoms with van der Waals surface area (Å²) in [6, 6.07) is 12.2. The van der Waals surface area contributed by atoms with Crippen LogP contribution in [-0.2, 0) is 0 Å². The first-order chi connectivity index (χ1) is 13.9. The van der Waals surface area contributed by atoms with Crippen LogP contribution >= 0.6 is 0 Å². The van der Waals surface area contributed by atoms with Crippen molar-refractivity contribution in [3.8, 4) is 5.75 Å². The highest BCUT2D eigenvalue weighted by molar-refractivity contribution is 5.94. The van der Waals surface area contributed by atoms with Gasteiger partial charge in [-0.15, -0.1) is 0 Å². The Morgan fingerprint density at radius 1 is 1.07 bits per heavy atom. The van der Waals surface area contributed by atoms with Gasteiger partial charge in [-0.25, -0.2) is 0 Å². The summed E-state index contributed by atoms with van der Waals surface area (Å²) in [4.78, 5) is 25.3. The molecule has 0 spiro atoms. The number of nitrogens with zero attached hydrogens (tertiary/aromatic N) is 2. The molecule has 0 bridgehead atoms. The summed E-state index contributed by atoms with van der Waals surface area (Å²) < 4.78 is 0. The van der Waals surface area contributed by atoms with Crippen LogP contribution in [0.1, 0.15) is 55.1 Å². The van der Waals surface area contributed by atoms with Crippen LogP contribution in [0.2, 0.25) is 0 Å². The number of unbranched alkanes of at least 4 members (excludes halogenated alkanes) is 1. The molecule has 0 radical (unpaired) electrons. The van der Waals surface area contributed by atoms with Crippen LogP contribution in [0.4, 0.5) is 5.69 Å². The molecule has 7 nitrogen and oxygen atoms in total. The first-order valence-corrected chi connectivity index (χ1v) is 10.0. The topological polar surface area (TPSA) is 95.7 Å². The summed E-state index contributed by atoms with van der Waals surface area (Å²) in [5.74, 6) is -0.0996. The molecule has 1 amide bonds. The number of nitro groups is 1. The van der Waals surface area contributed by atoms with Gasteiger partial charge in [-0.3, -0.25) is 14.9 Å². The Morgan fingerprint density at radius 3 is 2.24 bits per heavy atom. The lowest BCUT2D eigenvalue weighted by atomic mass is 10.00. The predicted molar refractivity (Wildman–Crippen MR) is 113 cm³/mol. The van der Waals surface area contributed by atoms with Crippen molar-refractivity contribution >= 4 is 11.6 Å². The van der Waals surface area contributed by atoms with Gasteiger partial charge in [0.1, 0.15) is 5.75 Å². The normalized spacial score (nSPS) is 12.0. The Labute approximate surface area is 171 Å². The number of aromatic hydroxyl groups is 1. The van der Waals surface area contributed by atoms with Crippen molar-refractivity contribution in [2.24, 2.45) is 0 Å². The van der Waals surface area contributed by atoms with Crippen LogP contribution in [0, 0.1) is 10.1 Å². The molecule has 0 heterocycles. The van der Waals surface area contributed by atoms with Crippen LogP contribution < -0.4 is 5.32 Å². The number of benzene rings is 2. The number of non-ortho nitro benzene ring substituents is 1. The van der Waals surface area contributed by atoms with E-state index in [0.717, 1.165) is 44.5 Å². The fraction of sp³-hybridized carbons (Fsp3) is 0.409. The van der Waals surface area contributed by atoms with Crippen molar-refractivity contribution in [2.75, 3.05) is 19.6 Å². The van der Waals surface area contributed by atoms with Gasteiger partial charge in [0.2, 0.25) is 0 Å². The van der Waals surface area contributed by atoms with Gasteiger partial charge in [0, 0.05) is 17.7 Å². The van der Waals surface area contributed by atoms with Crippen LogP contribution in [-0.4, -0.2) is 40.5 Å². The summed E-state index contributed by atoms with van der Waals surface area (Å²) in [7, 11) is 0. The SMILES string of the molecule is CCN(CC)CCCCC(NC(=O)c1ccc([N+](=O)[O-])cc1)c1ccc(O)cc1. The number of hydrogen-bond donors (Lipinski definition) is 2. The second kappa shape index (κ2) is 11.2. The van der Waals surface area contributed by atoms with Crippen LogP contribution in [0.3, 0.4) is 0 Å². The molecule has 7 heteroatoms. The molecule has 1 unspecified atom stereocenters. The second-order valence-corrected chi connectivity index (χ2v) is 6.94. The van der Waals surface area contributed by atoms with Crippen molar-refractivity contribution in [3.05, 3.63) is 69.8 Å². The van der Waals surface area contributed by atoms with E-state index < -0.39 is 4.92 Å². The molecule has 0 saturated heterocycles. The van der Waals surface area contributed by atoms with E-state index in [2.05, 4.69) is 24.1 Å². The number of phenolic OH excluding ortho intramolecular Hbond substituents is 1. The van der Waals surface area contributed by atoms with Gasteiger partial charge in [-0.05, 0) is 68.7 Å². The van der Waals surface area contributed by atoms with E-state index in [1.54, 1.807) is 24.3 Å². The minimum Gasteiger partial charge on any atom is -0.508 e. The number of carbonyl (C=O) groups is 1. The maximum absolute atomic E-state index is 12.7. The summed E-state index contributed by atoms with van der Waals surface area (Å²) >= 11 is 0. The molecule has 2 aromatic rings. The summed E-state index contributed by atoms with van der Waals surface area (Å²) in [6.45, 7) is 7.36. The average molecular weight is 399 g/mol. The van der Waals surface area contributed by atoms with E-state index in [0.29, 0.717) is 5.56 Å². The lowest BCUT2D eigenvalue weighted by Gasteiger charge is -2.21. The third-order valence-corrected chi connectivity index (χ3v) is 5.05. The molecule has 2 rings (SSSR count). The van der Waals surface area contributed by atoms with Crippen LogP contribution in [0.25, 0.3) is 0 Å². The summed E-state index contributed by atoms with van der Waals surface area (Å²) in [5, 5.41) is 23.4. The molecule has 0 aliphatic carbocycles. The molecular formula is C22H29N3O4. The Balaban J connectivity index is 2.05. The number of nitrogens with one attached hydrogen (secondary N) is 1. The quantitative estimate of drug-likeness (QED) is 0.334. The third-order valence-electron chi connectivity index (χ3n) is 5.05. The molecule has 0 saturated carbocycles. The molecule has 1 atom stereocenters. The molecule has 0 aliphatic heterocycles. The highest BCUT2D eigenvalue weighted by Crippen LogP contribution is 2.23. The number of carbonyl (C=O) groups excluding carboxylic acids is 1. The zero-order chi connectivity index (χ0) is 21.2. The van der Waals surface area contributed by atoms with E-state index in [4.69, 9.17) is 0 Å². The Bertz CT molecular complexity index is 787. The van der Waals surface area contributed by atoms with Crippen LogP contribution in [0.15, 0.2) is 48.5 Å². The van der Waals surface area contributed by atoms with Gasteiger partial charge >= 0.3 is 0 Å². The highest BCUT2D eigenvalue weighted by Gasteiger charge is 2.17. The number of hydrogen-bond acceptors (Lipinski definition) is 5. The maximum atomic E-state index is 12.7. The fourth-order valence-electron chi connectivity index (χ4n) is 3.23. The highest BCUT2D eigenvalue weighted by atomic mass is 16.6.